The highest BCUT2D eigenvalue weighted by Gasteiger charge is 2.12. The molecule has 148 valence electrons. The van der Waals surface area contributed by atoms with Crippen molar-refractivity contribution in [2.24, 2.45) is 22.1 Å². The number of amides is 2. The smallest absolute Gasteiger partial charge is 0.224 e. The van der Waals surface area contributed by atoms with Crippen molar-refractivity contribution in [3.63, 3.8) is 0 Å². The zero-order valence-electron chi connectivity index (χ0n) is 16.9. The van der Waals surface area contributed by atoms with Crippen molar-refractivity contribution >= 4 is 34.6 Å². The molecule has 0 aliphatic heterocycles. The number of azo groups is 1. The molecule has 0 heterocycles. The number of nitrogens with zero attached hydrogens (tertiary/aromatic N) is 2. The van der Waals surface area contributed by atoms with Crippen LogP contribution in [0.5, 0.6) is 0 Å². The highest BCUT2D eigenvalue weighted by Crippen LogP contribution is 2.30. The number of benzene rings is 2. The topological polar surface area (TPSA) is 82.9 Å². The zero-order valence-corrected chi connectivity index (χ0v) is 16.9. The molecule has 0 bridgehead atoms. The first-order valence-corrected chi connectivity index (χ1v) is 9.54. The third-order valence-electron chi connectivity index (χ3n) is 3.77. The standard InChI is InChI=1S/C22H28N4O2/c1-15(2)12-21(27)23-18-10-11-19(26-25-17-8-6-5-7-9-17)20(14-18)24-22(28)13-16(3)4/h5-11,14-16H,12-13H2,1-4H3,(H,23,27)(H,24,28). The average molecular weight is 380 g/mol. The van der Waals surface area contributed by atoms with E-state index in [1.54, 1.807) is 18.2 Å². The Labute approximate surface area is 166 Å². The van der Waals surface area contributed by atoms with Gasteiger partial charge in [-0.3, -0.25) is 9.59 Å². The van der Waals surface area contributed by atoms with E-state index in [2.05, 4.69) is 20.9 Å². The summed E-state index contributed by atoms with van der Waals surface area (Å²) in [5.41, 5.74) is 2.39. The molecule has 2 rings (SSSR count). The summed E-state index contributed by atoms with van der Waals surface area (Å²) in [5.74, 6) is 0.345. The van der Waals surface area contributed by atoms with Crippen LogP contribution in [0.15, 0.2) is 58.8 Å². The van der Waals surface area contributed by atoms with Gasteiger partial charge in [0, 0.05) is 18.5 Å². The van der Waals surface area contributed by atoms with Crippen LogP contribution in [0.1, 0.15) is 40.5 Å². The fourth-order valence-electron chi connectivity index (χ4n) is 2.56. The maximum Gasteiger partial charge on any atom is 0.224 e. The van der Waals surface area contributed by atoms with Gasteiger partial charge in [0.05, 0.1) is 11.4 Å². The Bertz CT molecular complexity index is 830. The Hall–Kier alpha value is -3.02. The monoisotopic (exact) mass is 380 g/mol. The van der Waals surface area contributed by atoms with Crippen LogP contribution in [0.25, 0.3) is 0 Å². The quantitative estimate of drug-likeness (QED) is 0.545. The van der Waals surface area contributed by atoms with Crippen molar-refractivity contribution in [3.8, 4) is 0 Å². The molecule has 0 spiro atoms. The minimum Gasteiger partial charge on any atom is -0.326 e. The van der Waals surface area contributed by atoms with Crippen LogP contribution >= 0.6 is 0 Å². The number of hydrogen-bond donors (Lipinski definition) is 2. The molecule has 0 radical (unpaired) electrons. The SMILES string of the molecule is CC(C)CC(=O)Nc1ccc(N=Nc2ccccc2)c(NC(=O)CC(C)C)c1. The van der Waals surface area contributed by atoms with Crippen molar-refractivity contribution in [1.29, 1.82) is 0 Å². The molecule has 0 unspecified atom stereocenters. The molecule has 0 saturated carbocycles. The molecule has 6 heteroatoms. The van der Waals surface area contributed by atoms with Crippen molar-refractivity contribution in [2.45, 2.75) is 40.5 Å². The minimum absolute atomic E-state index is 0.0619. The summed E-state index contributed by atoms with van der Waals surface area (Å²) in [7, 11) is 0. The lowest BCUT2D eigenvalue weighted by Gasteiger charge is -2.12. The van der Waals surface area contributed by atoms with Crippen LogP contribution in [0.4, 0.5) is 22.7 Å². The van der Waals surface area contributed by atoms with Crippen LogP contribution < -0.4 is 10.6 Å². The molecule has 2 aromatic carbocycles. The molecule has 0 atom stereocenters. The van der Waals surface area contributed by atoms with Crippen molar-refractivity contribution < 1.29 is 9.59 Å². The van der Waals surface area contributed by atoms with Gasteiger partial charge in [-0.15, -0.1) is 5.11 Å². The van der Waals surface area contributed by atoms with Gasteiger partial charge in [-0.25, -0.2) is 0 Å². The number of carbonyl (C=O) groups excluding carboxylic acids is 2. The third kappa shape index (κ3) is 7.31. The summed E-state index contributed by atoms with van der Waals surface area (Å²) in [4.78, 5) is 24.3. The van der Waals surface area contributed by atoms with Crippen molar-refractivity contribution in [1.82, 2.24) is 0 Å². The lowest BCUT2D eigenvalue weighted by Crippen LogP contribution is -2.16. The molecular formula is C22H28N4O2. The highest BCUT2D eigenvalue weighted by molar-refractivity contribution is 5.96. The lowest BCUT2D eigenvalue weighted by molar-refractivity contribution is -0.117. The number of nitrogens with one attached hydrogen (secondary N) is 2. The Morgan fingerprint density at radius 1 is 0.821 bits per heavy atom. The van der Waals surface area contributed by atoms with Gasteiger partial charge in [0.15, 0.2) is 0 Å². The molecule has 0 fully saturated rings. The van der Waals surface area contributed by atoms with Crippen molar-refractivity contribution in [2.75, 3.05) is 10.6 Å². The molecule has 0 aliphatic carbocycles. The van der Waals surface area contributed by atoms with E-state index in [1.165, 1.54) is 0 Å². The Morgan fingerprint density at radius 2 is 1.43 bits per heavy atom. The fraction of sp³-hybridized carbons (Fsp3) is 0.364. The van der Waals surface area contributed by atoms with Crippen LogP contribution in [0.3, 0.4) is 0 Å². The van der Waals surface area contributed by atoms with Gasteiger partial charge in [-0.2, -0.15) is 5.11 Å². The van der Waals surface area contributed by atoms with Gasteiger partial charge in [0.25, 0.3) is 0 Å². The van der Waals surface area contributed by atoms with E-state index in [0.717, 1.165) is 5.69 Å². The first kappa shape index (κ1) is 21.3. The predicted molar refractivity (Wildman–Crippen MR) is 113 cm³/mol. The number of anilines is 2. The molecule has 28 heavy (non-hydrogen) atoms. The Morgan fingerprint density at radius 3 is 2.04 bits per heavy atom. The molecule has 2 N–H and O–H groups in total. The molecule has 2 aromatic rings. The van der Waals surface area contributed by atoms with Gasteiger partial charge in [-0.05, 0) is 42.2 Å². The summed E-state index contributed by atoms with van der Waals surface area (Å²) in [5, 5.41) is 14.3. The summed E-state index contributed by atoms with van der Waals surface area (Å²) >= 11 is 0. The number of carbonyl (C=O) groups is 2. The van der Waals surface area contributed by atoms with Gasteiger partial charge < -0.3 is 10.6 Å². The maximum absolute atomic E-state index is 12.3. The fourth-order valence-corrected chi connectivity index (χ4v) is 2.56. The molecular weight excluding hydrogens is 352 g/mol. The lowest BCUT2D eigenvalue weighted by atomic mass is 10.1. The van der Waals surface area contributed by atoms with E-state index in [9.17, 15) is 9.59 Å². The molecule has 0 aromatic heterocycles. The van der Waals surface area contributed by atoms with Crippen LogP contribution in [-0.4, -0.2) is 11.8 Å². The minimum atomic E-state index is -0.100. The van der Waals surface area contributed by atoms with E-state index in [1.807, 2.05) is 58.0 Å². The molecule has 2 amide bonds. The number of rotatable bonds is 8. The first-order chi connectivity index (χ1) is 13.3. The van der Waals surface area contributed by atoms with Gasteiger partial charge in [-0.1, -0.05) is 45.9 Å². The second-order valence-corrected chi connectivity index (χ2v) is 7.56. The van der Waals surface area contributed by atoms with Crippen LogP contribution in [0, 0.1) is 11.8 Å². The van der Waals surface area contributed by atoms with E-state index >= 15 is 0 Å². The maximum atomic E-state index is 12.3. The summed E-state index contributed by atoms with van der Waals surface area (Å²) < 4.78 is 0. The first-order valence-electron chi connectivity index (χ1n) is 9.54. The summed E-state index contributed by atoms with van der Waals surface area (Å²) in [6.45, 7) is 7.95. The van der Waals surface area contributed by atoms with Crippen LogP contribution in [0.2, 0.25) is 0 Å². The Kier molecular flexibility index (Phi) is 7.87. The third-order valence-corrected chi connectivity index (χ3v) is 3.77. The second kappa shape index (κ2) is 10.3. The van der Waals surface area contributed by atoms with E-state index in [-0.39, 0.29) is 23.7 Å². The predicted octanol–water partition coefficient (Wildman–Crippen LogP) is 6.07. The zero-order chi connectivity index (χ0) is 20.5. The van der Waals surface area contributed by atoms with Crippen molar-refractivity contribution in [3.05, 3.63) is 48.5 Å². The normalized spacial score (nSPS) is 11.2. The summed E-state index contributed by atoms with van der Waals surface area (Å²) in [6.07, 6.45) is 0.837. The van der Waals surface area contributed by atoms with E-state index in [4.69, 9.17) is 0 Å². The second-order valence-electron chi connectivity index (χ2n) is 7.56. The van der Waals surface area contributed by atoms with E-state index in [0.29, 0.717) is 29.9 Å². The van der Waals surface area contributed by atoms with Gasteiger partial charge in [0.1, 0.15) is 5.69 Å². The largest absolute Gasteiger partial charge is 0.326 e. The van der Waals surface area contributed by atoms with E-state index < -0.39 is 0 Å². The van der Waals surface area contributed by atoms with Gasteiger partial charge in [0.2, 0.25) is 11.8 Å². The Balaban J connectivity index is 2.25. The molecule has 0 aliphatic rings. The molecule has 6 nitrogen and oxygen atoms in total. The van der Waals surface area contributed by atoms with Gasteiger partial charge >= 0.3 is 0 Å². The summed E-state index contributed by atoms with van der Waals surface area (Å²) in [6, 6.07) is 14.6. The average Bonchev–Trinajstić information content (AvgIpc) is 2.60. The highest BCUT2D eigenvalue weighted by atomic mass is 16.2. The number of hydrogen-bond acceptors (Lipinski definition) is 4. The van der Waals surface area contributed by atoms with Crippen LogP contribution in [-0.2, 0) is 9.59 Å². The molecule has 0 saturated heterocycles.